The fourth-order valence-corrected chi connectivity index (χ4v) is 3.76. The minimum atomic E-state index is -0.438. The average molecular weight is 423 g/mol. The lowest BCUT2D eigenvalue weighted by atomic mass is 9.95. The van der Waals surface area contributed by atoms with Crippen LogP contribution in [0.1, 0.15) is 59.3 Å². The molecular weight excluding hydrogens is 393 g/mol. The molecule has 0 aromatic heterocycles. The molecule has 1 amide bonds. The third-order valence-corrected chi connectivity index (χ3v) is 5.69. The first-order valence-corrected chi connectivity index (χ1v) is 10.0. The summed E-state index contributed by atoms with van der Waals surface area (Å²) >= 11 is 2.39. The zero-order valence-electron chi connectivity index (χ0n) is 14.2. The van der Waals surface area contributed by atoms with Crippen LogP contribution in [0.5, 0.6) is 0 Å². The van der Waals surface area contributed by atoms with Gasteiger partial charge in [-0.05, 0) is 52.4 Å². The van der Waals surface area contributed by atoms with E-state index in [0.717, 1.165) is 42.8 Å². The van der Waals surface area contributed by atoms with Crippen molar-refractivity contribution in [3.05, 3.63) is 0 Å². The van der Waals surface area contributed by atoms with Gasteiger partial charge in [0.2, 0.25) is 0 Å². The third-order valence-electron chi connectivity index (χ3n) is 4.30. The fourth-order valence-electron chi connectivity index (χ4n) is 2.91. The van der Waals surface area contributed by atoms with Gasteiger partial charge < -0.3 is 14.4 Å². The Hall–Kier alpha value is -0.0400. The van der Waals surface area contributed by atoms with Crippen LogP contribution in [0.2, 0.25) is 0 Å². The van der Waals surface area contributed by atoms with Crippen LogP contribution in [-0.4, -0.2) is 46.3 Å². The predicted molar refractivity (Wildman–Crippen MR) is 96.6 cm³/mol. The monoisotopic (exact) mass is 423 g/mol. The second-order valence-electron chi connectivity index (χ2n) is 7.76. The van der Waals surface area contributed by atoms with Crippen LogP contribution in [-0.2, 0) is 9.47 Å². The van der Waals surface area contributed by atoms with Gasteiger partial charge in [-0.1, -0.05) is 35.4 Å². The van der Waals surface area contributed by atoms with Gasteiger partial charge in [0.05, 0.1) is 12.1 Å². The number of carbonyl (C=O) groups is 1. The molecule has 22 heavy (non-hydrogen) atoms. The van der Waals surface area contributed by atoms with Gasteiger partial charge in [-0.3, -0.25) is 0 Å². The Balaban J connectivity index is 1.83. The maximum Gasteiger partial charge on any atom is 0.410 e. The summed E-state index contributed by atoms with van der Waals surface area (Å²) in [5, 5.41) is 0. The Morgan fingerprint density at radius 3 is 2.68 bits per heavy atom. The molecule has 0 aromatic rings. The van der Waals surface area contributed by atoms with E-state index in [1.165, 1.54) is 19.3 Å². The van der Waals surface area contributed by atoms with Gasteiger partial charge in [-0.2, -0.15) is 0 Å². The largest absolute Gasteiger partial charge is 0.444 e. The number of alkyl halides is 1. The summed E-state index contributed by atoms with van der Waals surface area (Å²) in [7, 11) is 0. The molecule has 1 saturated carbocycles. The minimum absolute atomic E-state index is 0.181. The standard InChI is InChI=1S/C17H30INO3/c1-16(2,3)22-15(20)19-10-5-9-17(12-18,13-19)21-11-4-6-14-7-8-14/h14H,4-13H2,1-3H3. The molecule has 0 N–H and O–H groups in total. The summed E-state index contributed by atoms with van der Waals surface area (Å²) in [5.74, 6) is 0.962. The number of hydrogen-bond donors (Lipinski definition) is 0. The van der Waals surface area contributed by atoms with E-state index in [4.69, 9.17) is 9.47 Å². The molecule has 2 fully saturated rings. The zero-order chi connectivity index (χ0) is 16.2. The molecular formula is C17H30INO3. The molecule has 5 heteroatoms. The quantitative estimate of drug-likeness (QED) is 0.361. The van der Waals surface area contributed by atoms with Crippen molar-refractivity contribution in [2.45, 2.75) is 70.5 Å². The van der Waals surface area contributed by atoms with E-state index < -0.39 is 5.60 Å². The van der Waals surface area contributed by atoms with Crippen molar-refractivity contribution in [2.75, 3.05) is 24.1 Å². The lowest BCUT2D eigenvalue weighted by Gasteiger charge is -2.42. The molecule has 0 spiro atoms. The SMILES string of the molecule is CC(C)(C)OC(=O)N1CCCC(CI)(OCCCC2CC2)C1. The van der Waals surface area contributed by atoms with E-state index in [2.05, 4.69) is 22.6 Å². The highest BCUT2D eigenvalue weighted by atomic mass is 127. The van der Waals surface area contributed by atoms with Crippen molar-refractivity contribution in [3.8, 4) is 0 Å². The molecule has 4 nitrogen and oxygen atoms in total. The second-order valence-corrected chi connectivity index (χ2v) is 8.52. The number of amides is 1. The van der Waals surface area contributed by atoms with Crippen LogP contribution >= 0.6 is 22.6 Å². The summed E-state index contributed by atoms with van der Waals surface area (Å²) in [6, 6.07) is 0. The molecule has 128 valence electrons. The predicted octanol–water partition coefficient (Wildman–Crippen LogP) is 4.40. The molecule has 1 saturated heterocycles. The Morgan fingerprint density at radius 2 is 2.09 bits per heavy atom. The third kappa shape index (κ3) is 5.87. The van der Waals surface area contributed by atoms with Gasteiger partial charge in [0, 0.05) is 17.6 Å². The first kappa shape index (κ1) is 18.3. The minimum Gasteiger partial charge on any atom is -0.444 e. The fraction of sp³-hybridized carbons (Fsp3) is 0.941. The van der Waals surface area contributed by atoms with E-state index in [1.807, 2.05) is 25.7 Å². The molecule has 1 heterocycles. The van der Waals surface area contributed by atoms with E-state index in [-0.39, 0.29) is 11.7 Å². The van der Waals surface area contributed by atoms with Gasteiger partial charge in [0.25, 0.3) is 0 Å². The highest BCUT2D eigenvalue weighted by Gasteiger charge is 2.38. The lowest BCUT2D eigenvalue weighted by molar-refractivity contribution is -0.0759. The summed E-state index contributed by atoms with van der Waals surface area (Å²) in [5.41, 5.74) is -0.619. The van der Waals surface area contributed by atoms with Crippen LogP contribution in [0, 0.1) is 5.92 Å². The zero-order valence-corrected chi connectivity index (χ0v) is 16.4. The van der Waals surface area contributed by atoms with Crippen LogP contribution in [0.25, 0.3) is 0 Å². The number of ether oxygens (including phenoxy) is 2. The van der Waals surface area contributed by atoms with Crippen molar-refractivity contribution in [3.63, 3.8) is 0 Å². The number of halogens is 1. The number of hydrogen-bond acceptors (Lipinski definition) is 3. The molecule has 0 bridgehead atoms. The first-order chi connectivity index (χ1) is 10.3. The molecule has 2 aliphatic rings. The van der Waals surface area contributed by atoms with Gasteiger partial charge in [-0.15, -0.1) is 0 Å². The number of likely N-dealkylation sites (tertiary alicyclic amines) is 1. The summed E-state index contributed by atoms with van der Waals surface area (Å²) in [4.78, 5) is 14.1. The molecule has 1 unspecified atom stereocenters. The van der Waals surface area contributed by atoms with Crippen LogP contribution < -0.4 is 0 Å². The number of piperidine rings is 1. The van der Waals surface area contributed by atoms with E-state index in [9.17, 15) is 4.79 Å². The van der Waals surface area contributed by atoms with E-state index in [0.29, 0.717) is 6.54 Å². The lowest BCUT2D eigenvalue weighted by Crippen LogP contribution is -2.53. The maximum absolute atomic E-state index is 12.3. The van der Waals surface area contributed by atoms with Crippen molar-refractivity contribution >= 4 is 28.7 Å². The van der Waals surface area contributed by atoms with E-state index >= 15 is 0 Å². The molecule has 0 radical (unpaired) electrons. The molecule has 2 rings (SSSR count). The van der Waals surface area contributed by atoms with Crippen LogP contribution in [0.4, 0.5) is 4.79 Å². The summed E-state index contributed by atoms with van der Waals surface area (Å²) in [6.07, 6.45) is 7.09. The van der Waals surface area contributed by atoms with Gasteiger partial charge in [-0.25, -0.2) is 4.79 Å². The normalized spacial score (nSPS) is 26.1. The van der Waals surface area contributed by atoms with Gasteiger partial charge in [0.1, 0.15) is 5.60 Å². The summed E-state index contributed by atoms with van der Waals surface area (Å²) < 4.78 is 12.7. The molecule has 1 atom stereocenters. The number of nitrogens with zero attached hydrogens (tertiary/aromatic N) is 1. The maximum atomic E-state index is 12.3. The van der Waals surface area contributed by atoms with Crippen LogP contribution in [0.15, 0.2) is 0 Å². The van der Waals surface area contributed by atoms with Crippen LogP contribution in [0.3, 0.4) is 0 Å². The molecule has 0 aromatic carbocycles. The number of rotatable bonds is 6. The average Bonchev–Trinajstić information content (AvgIpc) is 3.26. The van der Waals surface area contributed by atoms with E-state index in [1.54, 1.807) is 0 Å². The highest BCUT2D eigenvalue weighted by molar-refractivity contribution is 14.1. The Kier molecular flexibility index (Phi) is 6.39. The van der Waals surface area contributed by atoms with Crippen molar-refractivity contribution < 1.29 is 14.3 Å². The van der Waals surface area contributed by atoms with Gasteiger partial charge >= 0.3 is 6.09 Å². The Bertz CT molecular complexity index is 379. The Labute approximate surface area is 148 Å². The second kappa shape index (κ2) is 7.69. The topological polar surface area (TPSA) is 38.8 Å². The first-order valence-electron chi connectivity index (χ1n) is 8.51. The highest BCUT2D eigenvalue weighted by Crippen LogP contribution is 2.34. The molecule has 1 aliphatic heterocycles. The molecule has 1 aliphatic carbocycles. The number of carbonyl (C=O) groups excluding carboxylic acids is 1. The van der Waals surface area contributed by atoms with Gasteiger partial charge in [0.15, 0.2) is 0 Å². The Morgan fingerprint density at radius 1 is 1.36 bits per heavy atom. The summed E-state index contributed by atoms with van der Waals surface area (Å²) in [6.45, 7) is 7.99. The van der Waals surface area contributed by atoms with Crippen molar-refractivity contribution in [1.82, 2.24) is 4.90 Å². The smallest absolute Gasteiger partial charge is 0.410 e. The van der Waals surface area contributed by atoms with Crippen molar-refractivity contribution in [2.24, 2.45) is 5.92 Å². The van der Waals surface area contributed by atoms with Crippen molar-refractivity contribution in [1.29, 1.82) is 0 Å².